The maximum atomic E-state index is 12.2. The molecule has 1 aromatic heterocycles. The number of sulfonamides is 1. The molecule has 0 fully saturated rings. The molecule has 0 aliphatic rings. The zero-order chi connectivity index (χ0) is 20.9. The van der Waals surface area contributed by atoms with Crippen LogP contribution < -0.4 is 10.0 Å². The predicted octanol–water partition coefficient (Wildman–Crippen LogP) is 4.03. The third kappa shape index (κ3) is 5.43. The minimum absolute atomic E-state index is 0.0136. The summed E-state index contributed by atoms with van der Waals surface area (Å²) < 4.78 is 32.5. The van der Waals surface area contributed by atoms with Gasteiger partial charge in [0.2, 0.25) is 15.9 Å². The molecule has 0 saturated carbocycles. The minimum atomic E-state index is -3.61. The highest BCUT2D eigenvalue weighted by molar-refractivity contribution is 7.89. The number of hydrogen-bond donors (Lipinski definition) is 2. The summed E-state index contributed by atoms with van der Waals surface area (Å²) >= 11 is 0. The lowest BCUT2D eigenvalue weighted by atomic mass is 10.1. The fourth-order valence-electron chi connectivity index (χ4n) is 2.76. The van der Waals surface area contributed by atoms with E-state index in [4.69, 9.17) is 4.42 Å². The molecule has 0 atom stereocenters. The van der Waals surface area contributed by atoms with Crippen molar-refractivity contribution in [2.45, 2.75) is 25.3 Å². The van der Waals surface area contributed by atoms with Gasteiger partial charge in [0.1, 0.15) is 11.5 Å². The van der Waals surface area contributed by atoms with Crippen molar-refractivity contribution >= 4 is 27.7 Å². The van der Waals surface area contributed by atoms with Crippen LogP contribution >= 0.6 is 0 Å². The van der Waals surface area contributed by atoms with Crippen LogP contribution in [0.3, 0.4) is 0 Å². The smallest absolute Gasteiger partial charge is 0.248 e. The van der Waals surface area contributed by atoms with Gasteiger partial charge in [-0.15, -0.1) is 0 Å². The molecule has 29 heavy (non-hydrogen) atoms. The first kappa shape index (κ1) is 20.6. The Hall–Kier alpha value is -3.16. The number of benzene rings is 2. The van der Waals surface area contributed by atoms with Gasteiger partial charge in [0.05, 0.1) is 11.4 Å². The van der Waals surface area contributed by atoms with Gasteiger partial charge in [0.25, 0.3) is 0 Å². The molecule has 0 aliphatic heterocycles. The van der Waals surface area contributed by atoms with E-state index in [1.165, 1.54) is 24.3 Å². The van der Waals surface area contributed by atoms with Crippen molar-refractivity contribution in [3.05, 3.63) is 89.4 Å². The largest absolute Gasteiger partial charge is 0.460 e. The molecule has 3 aromatic rings. The van der Waals surface area contributed by atoms with E-state index in [1.807, 2.05) is 32.0 Å². The second-order valence-electron chi connectivity index (χ2n) is 6.53. The lowest BCUT2D eigenvalue weighted by molar-refractivity contribution is -0.111. The first-order valence-electron chi connectivity index (χ1n) is 9.04. The van der Waals surface area contributed by atoms with Crippen LogP contribution in [0.2, 0.25) is 0 Å². The number of rotatable bonds is 7. The summed E-state index contributed by atoms with van der Waals surface area (Å²) in [7, 11) is -3.61. The third-order valence-electron chi connectivity index (χ3n) is 4.30. The highest BCUT2D eigenvalue weighted by Gasteiger charge is 2.13. The molecule has 1 amide bonds. The monoisotopic (exact) mass is 410 g/mol. The summed E-state index contributed by atoms with van der Waals surface area (Å²) in [4.78, 5) is 12.4. The molecule has 7 heteroatoms. The number of anilines is 1. The van der Waals surface area contributed by atoms with Crippen LogP contribution in [0.15, 0.2) is 76.1 Å². The quantitative estimate of drug-likeness (QED) is 0.576. The number of furan rings is 1. The Morgan fingerprint density at radius 2 is 1.66 bits per heavy atom. The summed E-state index contributed by atoms with van der Waals surface area (Å²) in [6.07, 6.45) is 2.92. The van der Waals surface area contributed by atoms with E-state index in [1.54, 1.807) is 30.3 Å². The van der Waals surface area contributed by atoms with E-state index in [0.717, 1.165) is 16.8 Å². The van der Waals surface area contributed by atoms with Crippen molar-refractivity contribution in [2.75, 3.05) is 5.32 Å². The third-order valence-corrected chi connectivity index (χ3v) is 5.72. The number of nitrogens with one attached hydrogen (secondary N) is 2. The van der Waals surface area contributed by atoms with Gasteiger partial charge >= 0.3 is 0 Å². The van der Waals surface area contributed by atoms with Gasteiger partial charge in [0, 0.05) is 11.8 Å². The molecule has 3 rings (SSSR count). The summed E-state index contributed by atoms with van der Waals surface area (Å²) in [6, 6.07) is 17.3. The summed E-state index contributed by atoms with van der Waals surface area (Å²) in [5.41, 5.74) is 2.76. The molecule has 0 unspecified atom stereocenters. The second kappa shape index (κ2) is 8.89. The Balaban J connectivity index is 1.59. The van der Waals surface area contributed by atoms with Crippen LogP contribution in [0.25, 0.3) is 6.08 Å². The van der Waals surface area contributed by atoms with Gasteiger partial charge in [-0.25, -0.2) is 13.1 Å². The van der Waals surface area contributed by atoms with E-state index < -0.39 is 10.0 Å². The van der Waals surface area contributed by atoms with Crippen molar-refractivity contribution in [1.82, 2.24) is 4.72 Å². The Morgan fingerprint density at radius 3 is 2.34 bits per heavy atom. The minimum Gasteiger partial charge on any atom is -0.460 e. The van der Waals surface area contributed by atoms with Gasteiger partial charge in [0.15, 0.2) is 0 Å². The van der Waals surface area contributed by atoms with Gasteiger partial charge in [-0.2, -0.15) is 0 Å². The Morgan fingerprint density at radius 1 is 0.966 bits per heavy atom. The van der Waals surface area contributed by atoms with E-state index >= 15 is 0 Å². The molecule has 0 saturated heterocycles. The number of para-hydroxylation sites is 1. The molecule has 6 nitrogen and oxygen atoms in total. The van der Waals surface area contributed by atoms with Crippen molar-refractivity contribution in [3.63, 3.8) is 0 Å². The molecule has 2 aromatic carbocycles. The Bertz CT molecular complexity index is 1110. The van der Waals surface area contributed by atoms with E-state index in [9.17, 15) is 13.2 Å². The average molecular weight is 410 g/mol. The predicted molar refractivity (Wildman–Crippen MR) is 113 cm³/mol. The maximum absolute atomic E-state index is 12.2. The van der Waals surface area contributed by atoms with Gasteiger partial charge in [-0.05, 0) is 55.3 Å². The lowest BCUT2D eigenvalue weighted by Gasteiger charge is -2.09. The SMILES string of the molecule is Cc1cccc(C)c1NC(=O)/C=C/c1ccc(CNS(=O)(=O)c2ccccc2)o1. The molecule has 0 aliphatic carbocycles. The maximum Gasteiger partial charge on any atom is 0.248 e. The topological polar surface area (TPSA) is 88.4 Å². The van der Waals surface area contributed by atoms with Crippen molar-refractivity contribution < 1.29 is 17.6 Å². The standard InChI is InChI=1S/C22H22N2O4S/c1-16-7-6-8-17(2)22(16)24-21(25)14-13-18-11-12-19(28-18)15-23-29(26,27)20-9-4-3-5-10-20/h3-14,23H,15H2,1-2H3,(H,24,25)/b14-13+. The van der Waals surface area contributed by atoms with Crippen LogP contribution in [0, 0.1) is 13.8 Å². The molecule has 0 radical (unpaired) electrons. The van der Waals surface area contributed by atoms with Crippen LogP contribution in [-0.4, -0.2) is 14.3 Å². The first-order valence-corrected chi connectivity index (χ1v) is 10.5. The number of hydrogen-bond acceptors (Lipinski definition) is 4. The van der Waals surface area contributed by atoms with Crippen LogP contribution in [-0.2, 0) is 21.4 Å². The van der Waals surface area contributed by atoms with E-state index in [-0.39, 0.29) is 17.3 Å². The summed E-state index contributed by atoms with van der Waals surface area (Å²) in [5.74, 6) is 0.625. The first-order chi connectivity index (χ1) is 13.8. The fraction of sp³-hybridized carbons (Fsp3) is 0.136. The molecule has 150 valence electrons. The van der Waals surface area contributed by atoms with Crippen LogP contribution in [0.4, 0.5) is 5.69 Å². The zero-order valence-electron chi connectivity index (χ0n) is 16.2. The highest BCUT2D eigenvalue weighted by Crippen LogP contribution is 2.19. The van der Waals surface area contributed by atoms with Crippen LogP contribution in [0.5, 0.6) is 0 Å². The number of carbonyl (C=O) groups is 1. The Kier molecular flexibility index (Phi) is 6.31. The number of carbonyl (C=O) groups excluding carboxylic acids is 1. The summed E-state index contributed by atoms with van der Waals surface area (Å²) in [5, 5.41) is 2.86. The van der Waals surface area contributed by atoms with Crippen molar-refractivity contribution in [3.8, 4) is 0 Å². The van der Waals surface area contributed by atoms with E-state index in [2.05, 4.69) is 10.0 Å². The van der Waals surface area contributed by atoms with Crippen LogP contribution in [0.1, 0.15) is 22.6 Å². The zero-order valence-corrected chi connectivity index (χ0v) is 17.0. The second-order valence-corrected chi connectivity index (χ2v) is 8.30. The van der Waals surface area contributed by atoms with Crippen molar-refractivity contribution in [2.24, 2.45) is 0 Å². The average Bonchev–Trinajstić information content (AvgIpc) is 3.17. The molecule has 0 bridgehead atoms. The van der Waals surface area contributed by atoms with E-state index in [0.29, 0.717) is 11.5 Å². The highest BCUT2D eigenvalue weighted by atomic mass is 32.2. The normalized spacial score (nSPS) is 11.7. The summed E-state index contributed by atoms with van der Waals surface area (Å²) in [6.45, 7) is 3.88. The number of amides is 1. The number of aryl methyl sites for hydroxylation is 2. The van der Waals surface area contributed by atoms with Gasteiger partial charge in [-0.1, -0.05) is 36.4 Å². The lowest BCUT2D eigenvalue weighted by Crippen LogP contribution is -2.22. The van der Waals surface area contributed by atoms with Crippen molar-refractivity contribution in [1.29, 1.82) is 0 Å². The molecular weight excluding hydrogens is 388 g/mol. The molecule has 0 spiro atoms. The molecule has 1 heterocycles. The van der Waals surface area contributed by atoms with Gasteiger partial charge < -0.3 is 9.73 Å². The molecule has 2 N–H and O–H groups in total. The van der Waals surface area contributed by atoms with Gasteiger partial charge in [-0.3, -0.25) is 4.79 Å². The fourth-order valence-corrected chi connectivity index (χ4v) is 3.78. The molecular formula is C22H22N2O4S. The Labute approximate surface area is 170 Å².